The normalized spacial score (nSPS) is 14.0. The number of rotatable bonds is 28. The zero-order valence-electron chi connectivity index (χ0n) is 27.3. The molecule has 3 amide bonds. The summed E-state index contributed by atoms with van der Waals surface area (Å²) in [6, 6.07) is -2.21. The van der Waals surface area contributed by atoms with Crippen molar-refractivity contribution in [3.05, 3.63) is 0 Å². The number of likely N-dealkylation sites (N-methyl/N-ethyl adjacent to an activating group) is 1. The minimum absolute atomic E-state index is 0.00811. The SMILES string of the molecule is CNCCCCC(NC)C(=O)NC(CCCCNC)C(=O)NC(CCCCNC)C(=O)NC(CCCNC)CC(C)=O. The first kappa shape index (κ1) is 39.9. The van der Waals surface area contributed by atoms with Gasteiger partial charge in [0, 0.05) is 12.5 Å². The molecule has 0 aliphatic rings. The van der Waals surface area contributed by atoms with Gasteiger partial charge in [-0.3, -0.25) is 19.2 Å². The molecule has 0 radical (unpaired) electrons. The third-order valence-electron chi connectivity index (χ3n) is 7.30. The van der Waals surface area contributed by atoms with Crippen molar-refractivity contribution in [3.8, 4) is 0 Å². The van der Waals surface area contributed by atoms with Crippen LogP contribution in [0.1, 0.15) is 84.0 Å². The molecule has 0 aliphatic heterocycles. The molecule has 0 rings (SSSR count). The smallest absolute Gasteiger partial charge is 0.243 e. The van der Waals surface area contributed by atoms with Crippen molar-refractivity contribution in [1.29, 1.82) is 0 Å². The number of hydrogen-bond donors (Lipinski definition) is 8. The molecule has 0 aromatic rings. The molecule has 0 saturated carbocycles. The lowest BCUT2D eigenvalue weighted by atomic mass is 10.0. The highest BCUT2D eigenvalue weighted by atomic mass is 16.2. The van der Waals surface area contributed by atoms with E-state index in [-0.39, 0.29) is 36.0 Å². The van der Waals surface area contributed by atoms with Gasteiger partial charge in [0.05, 0.1) is 6.04 Å². The fourth-order valence-corrected chi connectivity index (χ4v) is 4.84. The average Bonchev–Trinajstić information content (AvgIpc) is 2.95. The second-order valence-corrected chi connectivity index (χ2v) is 11.1. The number of carbonyl (C=O) groups is 4. The summed E-state index contributed by atoms with van der Waals surface area (Å²) in [5.41, 5.74) is 0. The van der Waals surface area contributed by atoms with E-state index < -0.39 is 18.1 Å². The highest BCUT2D eigenvalue weighted by Crippen LogP contribution is 2.09. The van der Waals surface area contributed by atoms with Gasteiger partial charge in [0.25, 0.3) is 0 Å². The molecule has 0 aliphatic carbocycles. The minimum atomic E-state index is -0.758. The number of unbranched alkanes of at least 4 members (excludes halogenated alkanes) is 3. The van der Waals surface area contributed by atoms with Crippen LogP contribution in [0.5, 0.6) is 0 Å². The molecule has 4 atom stereocenters. The largest absolute Gasteiger partial charge is 0.351 e. The second-order valence-electron chi connectivity index (χ2n) is 11.1. The fourth-order valence-electron chi connectivity index (χ4n) is 4.84. The third-order valence-corrected chi connectivity index (χ3v) is 7.30. The van der Waals surface area contributed by atoms with Gasteiger partial charge in [0.15, 0.2) is 0 Å². The van der Waals surface area contributed by atoms with E-state index in [1.54, 1.807) is 7.05 Å². The molecule has 0 saturated heterocycles. The van der Waals surface area contributed by atoms with E-state index in [1.807, 2.05) is 28.2 Å². The molecular weight excluding hydrogens is 536 g/mol. The van der Waals surface area contributed by atoms with Gasteiger partial charge in [-0.2, -0.15) is 0 Å². The summed E-state index contributed by atoms with van der Waals surface area (Å²) in [7, 11) is 9.29. The number of Topliss-reactive ketones (excluding diaryl/α,β-unsaturated/α-hetero) is 1. The van der Waals surface area contributed by atoms with Gasteiger partial charge in [-0.05, 0) is 133 Å². The molecule has 0 fully saturated rings. The number of carbonyl (C=O) groups excluding carboxylic acids is 4. The zero-order chi connectivity index (χ0) is 31.6. The molecule has 0 aromatic heterocycles. The summed E-state index contributed by atoms with van der Waals surface area (Å²) < 4.78 is 0. The maximum Gasteiger partial charge on any atom is 0.243 e. The lowest BCUT2D eigenvalue weighted by Crippen LogP contribution is -2.56. The van der Waals surface area contributed by atoms with Crippen LogP contribution in [0.4, 0.5) is 0 Å². The van der Waals surface area contributed by atoms with Crippen molar-refractivity contribution < 1.29 is 19.2 Å². The van der Waals surface area contributed by atoms with E-state index >= 15 is 0 Å². The molecule has 0 heterocycles. The summed E-state index contributed by atoms with van der Waals surface area (Å²) in [6.45, 7) is 4.81. The molecular formula is C30H62N8O4. The zero-order valence-corrected chi connectivity index (χ0v) is 27.3. The molecule has 12 heteroatoms. The van der Waals surface area contributed by atoms with Crippen LogP contribution in [0, 0.1) is 0 Å². The van der Waals surface area contributed by atoms with E-state index in [0.717, 1.165) is 71.1 Å². The predicted molar refractivity (Wildman–Crippen MR) is 170 cm³/mol. The first-order chi connectivity index (χ1) is 20.2. The molecule has 42 heavy (non-hydrogen) atoms. The van der Waals surface area contributed by atoms with Crippen LogP contribution < -0.4 is 42.5 Å². The van der Waals surface area contributed by atoms with Gasteiger partial charge < -0.3 is 42.5 Å². The molecule has 0 aromatic carbocycles. The lowest BCUT2D eigenvalue weighted by molar-refractivity contribution is -0.133. The predicted octanol–water partition coefficient (Wildman–Crippen LogP) is 0.177. The molecule has 0 spiro atoms. The van der Waals surface area contributed by atoms with E-state index in [9.17, 15) is 19.2 Å². The van der Waals surface area contributed by atoms with Crippen LogP contribution >= 0.6 is 0 Å². The molecule has 4 unspecified atom stereocenters. The lowest BCUT2D eigenvalue weighted by Gasteiger charge is -2.26. The number of nitrogens with one attached hydrogen (secondary N) is 8. The van der Waals surface area contributed by atoms with Gasteiger partial charge in [0.1, 0.15) is 17.9 Å². The third kappa shape index (κ3) is 19.9. The van der Waals surface area contributed by atoms with E-state index in [1.165, 1.54) is 6.92 Å². The van der Waals surface area contributed by atoms with Crippen LogP contribution in [0.2, 0.25) is 0 Å². The van der Waals surface area contributed by atoms with Crippen LogP contribution in [-0.4, -0.2) is 109 Å². The second kappa shape index (κ2) is 26.5. The Balaban J connectivity index is 5.65. The van der Waals surface area contributed by atoms with Crippen LogP contribution in [0.3, 0.4) is 0 Å². The quantitative estimate of drug-likeness (QED) is 0.0587. The average molecular weight is 599 g/mol. The van der Waals surface area contributed by atoms with Gasteiger partial charge >= 0.3 is 0 Å². The fraction of sp³-hybridized carbons (Fsp3) is 0.867. The minimum Gasteiger partial charge on any atom is -0.351 e. The summed E-state index contributed by atoms with van der Waals surface area (Å²) in [5, 5.41) is 24.5. The van der Waals surface area contributed by atoms with Gasteiger partial charge in [0.2, 0.25) is 17.7 Å². The van der Waals surface area contributed by atoms with Crippen LogP contribution in [0.25, 0.3) is 0 Å². The Morgan fingerprint density at radius 1 is 0.476 bits per heavy atom. The van der Waals surface area contributed by atoms with Crippen molar-refractivity contribution >= 4 is 23.5 Å². The Morgan fingerprint density at radius 2 is 0.857 bits per heavy atom. The number of hydrogen-bond acceptors (Lipinski definition) is 9. The Kier molecular flexibility index (Phi) is 25.2. The number of ketones is 1. The molecule has 8 N–H and O–H groups in total. The summed E-state index contributed by atoms with van der Waals surface area (Å²) >= 11 is 0. The van der Waals surface area contributed by atoms with E-state index in [0.29, 0.717) is 25.7 Å². The maximum absolute atomic E-state index is 13.6. The Morgan fingerprint density at radius 3 is 1.26 bits per heavy atom. The van der Waals surface area contributed by atoms with Gasteiger partial charge in [-0.1, -0.05) is 6.42 Å². The molecule has 12 nitrogen and oxygen atoms in total. The first-order valence-electron chi connectivity index (χ1n) is 15.9. The Labute approximate surface area is 254 Å². The Bertz CT molecular complexity index is 740. The van der Waals surface area contributed by atoms with E-state index in [2.05, 4.69) is 42.5 Å². The maximum atomic E-state index is 13.6. The standard InChI is InChI=1S/C30H62N8O4/c1-23(39)22-24(14-13-21-34-5)36-29(41)26(16-8-11-19-32-3)38-30(42)27(17-9-12-20-33-4)37-28(40)25(35-6)15-7-10-18-31-2/h24-27,31-35H,7-22H2,1-6H3,(H,36,41)(H,37,40)(H,38,42). The molecule has 0 bridgehead atoms. The van der Waals surface area contributed by atoms with Crippen molar-refractivity contribution in [2.45, 2.75) is 108 Å². The monoisotopic (exact) mass is 598 g/mol. The van der Waals surface area contributed by atoms with Crippen LogP contribution in [-0.2, 0) is 19.2 Å². The highest BCUT2D eigenvalue weighted by molar-refractivity contribution is 5.93. The summed E-state index contributed by atoms with van der Waals surface area (Å²) in [6.07, 6.45) is 8.38. The summed E-state index contributed by atoms with van der Waals surface area (Å²) in [4.78, 5) is 52.1. The highest BCUT2D eigenvalue weighted by Gasteiger charge is 2.29. The summed E-state index contributed by atoms with van der Waals surface area (Å²) in [5.74, 6) is -0.850. The van der Waals surface area contributed by atoms with Crippen LogP contribution in [0.15, 0.2) is 0 Å². The van der Waals surface area contributed by atoms with E-state index in [4.69, 9.17) is 0 Å². The van der Waals surface area contributed by atoms with Crippen molar-refractivity contribution in [3.63, 3.8) is 0 Å². The van der Waals surface area contributed by atoms with Crippen molar-refractivity contribution in [2.75, 3.05) is 61.4 Å². The van der Waals surface area contributed by atoms with Crippen molar-refractivity contribution in [1.82, 2.24) is 42.5 Å². The van der Waals surface area contributed by atoms with Gasteiger partial charge in [-0.15, -0.1) is 0 Å². The topological polar surface area (TPSA) is 165 Å². The van der Waals surface area contributed by atoms with Gasteiger partial charge in [-0.25, -0.2) is 0 Å². The van der Waals surface area contributed by atoms with Crippen molar-refractivity contribution in [2.24, 2.45) is 0 Å². The molecule has 246 valence electrons. The first-order valence-corrected chi connectivity index (χ1v) is 15.9. The Hall–Kier alpha value is -2.12. The number of amides is 3.